The molecule has 0 radical (unpaired) electrons. The van der Waals surface area contributed by atoms with E-state index in [1.807, 2.05) is 39.8 Å². The van der Waals surface area contributed by atoms with E-state index >= 15 is 0 Å². The first-order valence-corrected chi connectivity index (χ1v) is 8.10. The van der Waals surface area contributed by atoms with Crippen molar-refractivity contribution in [3.8, 4) is 0 Å². The smallest absolute Gasteiger partial charge is 0.411 e. The molecule has 0 saturated heterocycles. The average Bonchev–Trinajstić information content (AvgIpc) is 2.39. The lowest BCUT2D eigenvalue weighted by molar-refractivity contribution is 0.163. The highest BCUT2D eigenvalue weighted by Gasteiger charge is 2.17. The second-order valence-corrected chi connectivity index (χ2v) is 7.04. The molecule has 22 heavy (non-hydrogen) atoms. The summed E-state index contributed by atoms with van der Waals surface area (Å²) in [6.45, 7) is 10.6. The van der Waals surface area contributed by atoms with E-state index in [0.717, 1.165) is 11.1 Å². The topological polar surface area (TPSA) is 70.6 Å². The molecular formula is C16H25BrN2O3. The summed E-state index contributed by atoms with van der Waals surface area (Å²) in [7, 11) is 0. The van der Waals surface area contributed by atoms with Crippen LogP contribution in [-0.2, 0) is 4.74 Å². The minimum atomic E-state index is -0.620. The number of ether oxygens (including phenoxy) is 1. The van der Waals surface area contributed by atoms with Gasteiger partial charge < -0.3 is 15.2 Å². The molecule has 6 heteroatoms. The summed E-state index contributed by atoms with van der Waals surface area (Å²) >= 11 is 3.43. The van der Waals surface area contributed by atoms with Gasteiger partial charge in [-0.15, -0.1) is 0 Å². The van der Waals surface area contributed by atoms with E-state index < -0.39 is 12.2 Å². The first-order chi connectivity index (χ1) is 10.1. The Morgan fingerprint density at radius 3 is 2.55 bits per heavy atom. The lowest BCUT2D eigenvalue weighted by atomic mass is 10.0. The van der Waals surface area contributed by atoms with Gasteiger partial charge in [0, 0.05) is 16.6 Å². The van der Waals surface area contributed by atoms with Gasteiger partial charge in [0.25, 0.3) is 0 Å². The molecule has 0 aliphatic rings. The van der Waals surface area contributed by atoms with Crippen molar-refractivity contribution in [2.75, 3.05) is 18.5 Å². The SMILES string of the molecule is CCOC(=O)Nc1c(C)cc(C(O)CNC(C)(C)C)cc1Br. The Hall–Kier alpha value is -1.11. The van der Waals surface area contributed by atoms with E-state index in [0.29, 0.717) is 23.3 Å². The highest BCUT2D eigenvalue weighted by Crippen LogP contribution is 2.30. The molecule has 5 nitrogen and oxygen atoms in total. The molecule has 0 aliphatic carbocycles. The van der Waals surface area contributed by atoms with Crippen LogP contribution >= 0.6 is 15.9 Å². The fourth-order valence-electron chi connectivity index (χ4n) is 1.91. The van der Waals surface area contributed by atoms with Gasteiger partial charge in [-0.3, -0.25) is 5.32 Å². The minimum absolute atomic E-state index is 0.0569. The first kappa shape index (κ1) is 18.9. The first-order valence-electron chi connectivity index (χ1n) is 7.31. The second-order valence-electron chi connectivity index (χ2n) is 6.19. The molecule has 1 atom stereocenters. The van der Waals surface area contributed by atoms with E-state index in [-0.39, 0.29) is 5.54 Å². The van der Waals surface area contributed by atoms with Crippen LogP contribution < -0.4 is 10.6 Å². The predicted octanol–water partition coefficient (Wildman–Crippen LogP) is 3.75. The van der Waals surface area contributed by atoms with Crippen molar-refractivity contribution in [1.82, 2.24) is 5.32 Å². The summed E-state index contributed by atoms with van der Waals surface area (Å²) < 4.78 is 5.59. The fraction of sp³-hybridized carbons (Fsp3) is 0.562. The van der Waals surface area contributed by atoms with Gasteiger partial charge in [-0.25, -0.2) is 4.79 Å². The number of nitrogens with one attached hydrogen (secondary N) is 2. The number of aliphatic hydroxyl groups excluding tert-OH is 1. The number of amides is 1. The molecule has 0 spiro atoms. The largest absolute Gasteiger partial charge is 0.450 e. The zero-order valence-corrected chi connectivity index (χ0v) is 15.4. The number of β-amino-alcohol motifs (C(OH)–C–C–N with tert-alkyl or cyclic N) is 1. The van der Waals surface area contributed by atoms with Crippen molar-refractivity contribution < 1.29 is 14.6 Å². The predicted molar refractivity (Wildman–Crippen MR) is 92.2 cm³/mol. The van der Waals surface area contributed by atoms with E-state index in [4.69, 9.17) is 4.74 Å². The van der Waals surface area contributed by atoms with Crippen LogP contribution in [0, 0.1) is 6.92 Å². The van der Waals surface area contributed by atoms with Crippen LogP contribution in [-0.4, -0.2) is 29.9 Å². The van der Waals surface area contributed by atoms with Crippen LogP contribution in [0.4, 0.5) is 10.5 Å². The summed E-state index contributed by atoms with van der Waals surface area (Å²) in [5.41, 5.74) is 2.24. The number of benzene rings is 1. The standard InChI is InChI=1S/C16H25BrN2O3/c1-6-22-15(21)19-14-10(2)7-11(8-12(14)17)13(20)9-18-16(3,4)5/h7-8,13,18,20H,6,9H2,1-5H3,(H,19,21). The zero-order valence-electron chi connectivity index (χ0n) is 13.8. The normalized spacial score (nSPS) is 12.9. The maximum atomic E-state index is 11.5. The maximum Gasteiger partial charge on any atom is 0.411 e. The summed E-state index contributed by atoms with van der Waals surface area (Å²) in [4.78, 5) is 11.5. The van der Waals surface area contributed by atoms with Crippen molar-refractivity contribution in [3.05, 3.63) is 27.7 Å². The van der Waals surface area contributed by atoms with Crippen LogP contribution in [0.25, 0.3) is 0 Å². The zero-order chi connectivity index (χ0) is 16.9. The van der Waals surface area contributed by atoms with Gasteiger partial charge >= 0.3 is 6.09 Å². The number of aryl methyl sites for hydroxylation is 1. The van der Waals surface area contributed by atoms with E-state index in [9.17, 15) is 9.90 Å². The molecule has 3 N–H and O–H groups in total. The molecule has 0 aliphatic heterocycles. The highest BCUT2D eigenvalue weighted by molar-refractivity contribution is 9.10. The van der Waals surface area contributed by atoms with Gasteiger partial charge in [-0.2, -0.15) is 0 Å². The molecule has 1 aromatic rings. The number of aliphatic hydroxyl groups is 1. The maximum absolute atomic E-state index is 11.5. The molecule has 0 aromatic heterocycles. The number of anilines is 1. The van der Waals surface area contributed by atoms with Crippen LogP contribution in [0.3, 0.4) is 0 Å². The quantitative estimate of drug-likeness (QED) is 0.735. The van der Waals surface area contributed by atoms with Crippen LogP contribution in [0.1, 0.15) is 44.9 Å². The molecule has 124 valence electrons. The van der Waals surface area contributed by atoms with Crippen molar-refractivity contribution in [1.29, 1.82) is 0 Å². The monoisotopic (exact) mass is 372 g/mol. The van der Waals surface area contributed by atoms with Gasteiger partial charge in [0.1, 0.15) is 0 Å². The molecule has 0 saturated carbocycles. The Labute approximate surface area is 140 Å². The lowest BCUT2D eigenvalue weighted by Crippen LogP contribution is -2.38. The lowest BCUT2D eigenvalue weighted by Gasteiger charge is -2.23. The fourth-order valence-corrected chi connectivity index (χ4v) is 2.59. The van der Waals surface area contributed by atoms with Gasteiger partial charge in [0.2, 0.25) is 0 Å². The van der Waals surface area contributed by atoms with Crippen LogP contribution in [0.15, 0.2) is 16.6 Å². The molecule has 1 unspecified atom stereocenters. The molecule has 1 amide bonds. The number of hydrogen-bond donors (Lipinski definition) is 3. The van der Waals surface area contributed by atoms with Crippen LogP contribution in [0.2, 0.25) is 0 Å². The minimum Gasteiger partial charge on any atom is -0.450 e. The third-order valence-corrected chi connectivity index (χ3v) is 3.65. The molecular weight excluding hydrogens is 348 g/mol. The van der Waals surface area contributed by atoms with E-state index in [1.54, 1.807) is 6.92 Å². The Morgan fingerprint density at radius 2 is 2.05 bits per heavy atom. The Kier molecular flexibility index (Phi) is 6.84. The summed E-state index contributed by atoms with van der Waals surface area (Å²) in [6, 6.07) is 3.67. The molecule has 1 rings (SSSR count). The third kappa shape index (κ3) is 5.94. The van der Waals surface area contributed by atoms with Crippen molar-refractivity contribution >= 4 is 27.7 Å². The number of halogens is 1. The van der Waals surface area contributed by atoms with Crippen LogP contribution in [0.5, 0.6) is 0 Å². The van der Waals surface area contributed by atoms with Crippen molar-refractivity contribution in [2.45, 2.75) is 46.3 Å². The van der Waals surface area contributed by atoms with Gasteiger partial charge in [0.05, 0.1) is 18.4 Å². The number of rotatable bonds is 5. The number of carbonyl (C=O) groups is 1. The average molecular weight is 373 g/mol. The Bertz CT molecular complexity index is 504. The van der Waals surface area contributed by atoms with Gasteiger partial charge in [-0.05, 0) is 67.7 Å². The Balaban J connectivity index is 2.86. The third-order valence-electron chi connectivity index (χ3n) is 3.02. The van der Waals surface area contributed by atoms with Crippen molar-refractivity contribution in [3.63, 3.8) is 0 Å². The molecule has 0 fully saturated rings. The summed E-state index contributed by atoms with van der Waals surface area (Å²) in [5, 5.41) is 16.3. The number of carbonyl (C=O) groups excluding carboxylic acids is 1. The van der Waals surface area contributed by atoms with E-state index in [1.165, 1.54) is 0 Å². The van der Waals surface area contributed by atoms with Gasteiger partial charge in [-0.1, -0.05) is 6.07 Å². The highest BCUT2D eigenvalue weighted by atomic mass is 79.9. The summed E-state index contributed by atoms with van der Waals surface area (Å²) in [5.74, 6) is 0. The van der Waals surface area contributed by atoms with E-state index in [2.05, 4.69) is 26.6 Å². The number of hydrogen-bond acceptors (Lipinski definition) is 4. The Morgan fingerprint density at radius 1 is 1.41 bits per heavy atom. The van der Waals surface area contributed by atoms with Crippen molar-refractivity contribution in [2.24, 2.45) is 0 Å². The second kappa shape index (κ2) is 7.94. The molecule has 0 bridgehead atoms. The molecule has 1 aromatic carbocycles. The van der Waals surface area contributed by atoms with Gasteiger partial charge in [0.15, 0.2) is 0 Å². The summed E-state index contributed by atoms with van der Waals surface area (Å²) in [6.07, 6.45) is -1.11. The molecule has 0 heterocycles.